The first-order chi connectivity index (χ1) is 8.69. The van der Waals surface area contributed by atoms with E-state index < -0.39 is 0 Å². The van der Waals surface area contributed by atoms with Crippen LogP contribution in [0.5, 0.6) is 0 Å². The van der Waals surface area contributed by atoms with Gasteiger partial charge in [0.15, 0.2) is 0 Å². The fourth-order valence-corrected chi connectivity index (χ4v) is 1.99. The monoisotopic (exact) mass is 252 g/mol. The first-order valence-electron chi connectivity index (χ1n) is 6.29. The molecule has 0 saturated heterocycles. The van der Waals surface area contributed by atoms with Crippen molar-refractivity contribution >= 4 is 0 Å². The SMILES string of the molecule is COCCOCCC(NN)c1ccc(C)cc1C. The van der Waals surface area contributed by atoms with Gasteiger partial charge in [-0.05, 0) is 31.4 Å². The summed E-state index contributed by atoms with van der Waals surface area (Å²) >= 11 is 0. The summed E-state index contributed by atoms with van der Waals surface area (Å²) in [5.74, 6) is 5.62. The maximum absolute atomic E-state index is 5.62. The largest absolute Gasteiger partial charge is 0.382 e. The number of hydrogen-bond acceptors (Lipinski definition) is 4. The van der Waals surface area contributed by atoms with Gasteiger partial charge in [-0.1, -0.05) is 23.8 Å². The van der Waals surface area contributed by atoms with E-state index in [1.807, 2.05) is 0 Å². The van der Waals surface area contributed by atoms with Crippen molar-refractivity contribution in [2.75, 3.05) is 26.9 Å². The van der Waals surface area contributed by atoms with Crippen LogP contribution in [0, 0.1) is 13.8 Å². The highest BCUT2D eigenvalue weighted by Gasteiger charge is 2.11. The van der Waals surface area contributed by atoms with E-state index in [1.165, 1.54) is 16.7 Å². The molecule has 0 aliphatic heterocycles. The molecule has 1 rings (SSSR count). The molecule has 0 bridgehead atoms. The predicted octanol–water partition coefficient (Wildman–Crippen LogP) is 1.86. The summed E-state index contributed by atoms with van der Waals surface area (Å²) in [5.41, 5.74) is 6.62. The van der Waals surface area contributed by atoms with Gasteiger partial charge in [-0.25, -0.2) is 0 Å². The molecular weight excluding hydrogens is 228 g/mol. The van der Waals surface area contributed by atoms with Gasteiger partial charge in [-0.3, -0.25) is 11.3 Å². The quantitative estimate of drug-likeness (QED) is 0.421. The molecule has 1 atom stereocenters. The van der Waals surface area contributed by atoms with Crippen LogP contribution >= 0.6 is 0 Å². The topological polar surface area (TPSA) is 56.5 Å². The third-order valence-electron chi connectivity index (χ3n) is 2.98. The number of ether oxygens (including phenoxy) is 2. The van der Waals surface area contributed by atoms with Gasteiger partial charge in [0.05, 0.1) is 13.2 Å². The Balaban J connectivity index is 2.49. The first-order valence-corrected chi connectivity index (χ1v) is 6.29. The highest BCUT2D eigenvalue weighted by atomic mass is 16.5. The molecule has 0 aliphatic rings. The average Bonchev–Trinajstić information content (AvgIpc) is 2.35. The zero-order valence-corrected chi connectivity index (χ0v) is 11.5. The van der Waals surface area contributed by atoms with Gasteiger partial charge >= 0.3 is 0 Å². The highest BCUT2D eigenvalue weighted by molar-refractivity contribution is 5.32. The van der Waals surface area contributed by atoms with Gasteiger partial charge in [-0.2, -0.15) is 0 Å². The van der Waals surface area contributed by atoms with Crippen LogP contribution in [0.25, 0.3) is 0 Å². The van der Waals surface area contributed by atoms with E-state index in [4.69, 9.17) is 15.3 Å². The van der Waals surface area contributed by atoms with E-state index >= 15 is 0 Å². The van der Waals surface area contributed by atoms with Crippen molar-refractivity contribution in [1.29, 1.82) is 0 Å². The Kier molecular flexibility index (Phi) is 6.90. The first kappa shape index (κ1) is 15.1. The van der Waals surface area contributed by atoms with Crippen LogP contribution in [0.1, 0.15) is 29.2 Å². The zero-order valence-electron chi connectivity index (χ0n) is 11.5. The minimum absolute atomic E-state index is 0.133. The van der Waals surface area contributed by atoms with Gasteiger partial charge in [0.1, 0.15) is 0 Å². The molecule has 0 saturated carbocycles. The van der Waals surface area contributed by atoms with Crippen LogP contribution in [0.15, 0.2) is 18.2 Å². The maximum Gasteiger partial charge on any atom is 0.0700 e. The van der Waals surface area contributed by atoms with Crippen LogP contribution in [0.4, 0.5) is 0 Å². The van der Waals surface area contributed by atoms with Crippen molar-refractivity contribution in [3.63, 3.8) is 0 Å². The molecule has 3 N–H and O–H groups in total. The third-order valence-corrected chi connectivity index (χ3v) is 2.98. The highest BCUT2D eigenvalue weighted by Crippen LogP contribution is 2.21. The maximum atomic E-state index is 5.62. The van der Waals surface area contributed by atoms with Crippen molar-refractivity contribution in [3.8, 4) is 0 Å². The second-order valence-corrected chi connectivity index (χ2v) is 4.47. The average molecular weight is 252 g/mol. The normalized spacial score (nSPS) is 12.7. The Labute approximate surface area is 109 Å². The molecule has 18 heavy (non-hydrogen) atoms. The lowest BCUT2D eigenvalue weighted by Crippen LogP contribution is -2.29. The molecule has 0 aromatic heterocycles. The summed E-state index contributed by atoms with van der Waals surface area (Å²) < 4.78 is 10.4. The Morgan fingerprint density at radius 2 is 2.00 bits per heavy atom. The number of benzene rings is 1. The summed E-state index contributed by atoms with van der Waals surface area (Å²) in [6, 6.07) is 6.54. The number of nitrogens with one attached hydrogen (secondary N) is 1. The molecule has 0 radical (unpaired) electrons. The minimum atomic E-state index is 0.133. The number of rotatable bonds is 8. The minimum Gasteiger partial charge on any atom is -0.382 e. The van der Waals surface area contributed by atoms with E-state index in [-0.39, 0.29) is 6.04 Å². The summed E-state index contributed by atoms with van der Waals surface area (Å²) in [5, 5.41) is 0. The molecule has 1 aromatic rings. The lowest BCUT2D eigenvalue weighted by atomic mass is 9.98. The fraction of sp³-hybridized carbons (Fsp3) is 0.571. The number of aryl methyl sites for hydroxylation is 2. The van der Waals surface area contributed by atoms with Gasteiger partial charge in [0, 0.05) is 19.8 Å². The molecule has 0 aliphatic carbocycles. The second-order valence-electron chi connectivity index (χ2n) is 4.47. The third kappa shape index (κ3) is 4.74. The molecule has 0 spiro atoms. The fourth-order valence-electron chi connectivity index (χ4n) is 1.99. The van der Waals surface area contributed by atoms with E-state index in [2.05, 4.69) is 37.5 Å². The van der Waals surface area contributed by atoms with Gasteiger partial charge in [0.25, 0.3) is 0 Å². The van der Waals surface area contributed by atoms with E-state index in [1.54, 1.807) is 7.11 Å². The van der Waals surface area contributed by atoms with Crippen molar-refractivity contribution in [2.45, 2.75) is 26.3 Å². The lowest BCUT2D eigenvalue weighted by molar-refractivity contribution is 0.0657. The number of hydrazine groups is 1. The van der Waals surface area contributed by atoms with E-state index in [0.717, 1.165) is 6.42 Å². The van der Waals surface area contributed by atoms with Gasteiger partial charge in [0.2, 0.25) is 0 Å². The molecule has 102 valence electrons. The number of hydrogen-bond donors (Lipinski definition) is 2. The van der Waals surface area contributed by atoms with E-state index in [0.29, 0.717) is 19.8 Å². The van der Waals surface area contributed by atoms with Crippen LogP contribution < -0.4 is 11.3 Å². The summed E-state index contributed by atoms with van der Waals surface area (Å²) in [6.07, 6.45) is 0.851. The number of nitrogens with two attached hydrogens (primary N) is 1. The molecular formula is C14H24N2O2. The van der Waals surface area contributed by atoms with Crippen molar-refractivity contribution in [2.24, 2.45) is 5.84 Å². The Bertz CT molecular complexity index is 356. The van der Waals surface area contributed by atoms with Crippen molar-refractivity contribution in [1.82, 2.24) is 5.43 Å². The molecule has 0 heterocycles. The lowest BCUT2D eigenvalue weighted by Gasteiger charge is -2.19. The number of methoxy groups -OCH3 is 1. The van der Waals surface area contributed by atoms with E-state index in [9.17, 15) is 0 Å². The summed E-state index contributed by atoms with van der Waals surface area (Å²) in [6.45, 7) is 6.13. The van der Waals surface area contributed by atoms with Gasteiger partial charge < -0.3 is 9.47 Å². The molecule has 1 aromatic carbocycles. The summed E-state index contributed by atoms with van der Waals surface area (Å²) in [7, 11) is 1.67. The van der Waals surface area contributed by atoms with Crippen LogP contribution in [0.2, 0.25) is 0 Å². The molecule has 0 fully saturated rings. The molecule has 4 heteroatoms. The molecule has 4 nitrogen and oxygen atoms in total. The van der Waals surface area contributed by atoms with Crippen molar-refractivity contribution < 1.29 is 9.47 Å². The summed E-state index contributed by atoms with van der Waals surface area (Å²) in [4.78, 5) is 0. The molecule has 1 unspecified atom stereocenters. The Morgan fingerprint density at radius 1 is 1.22 bits per heavy atom. The zero-order chi connectivity index (χ0) is 13.4. The molecule has 0 amide bonds. The standard InChI is InChI=1S/C14H24N2O2/c1-11-4-5-13(12(2)10-11)14(16-15)6-7-18-9-8-17-3/h4-5,10,14,16H,6-9,15H2,1-3H3. The van der Waals surface area contributed by atoms with Gasteiger partial charge in [-0.15, -0.1) is 0 Å². The van der Waals surface area contributed by atoms with Crippen LogP contribution in [-0.4, -0.2) is 26.9 Å². The predicted molar refractivity (Wildman–Crippen MR) is 73.3 cm³/mol. The van der Waals surface area contributed by atoms with Crippen LogP contribution in [0.3, 0.4) is 0 Å². The van der Waals surface area contributed by atoms with Crippen LogP contribution in [-0.2, 0) is 9.47 Å². The smallest absolute Gasteiger partial charge is 0.0700 e. The van der Waals surface area contributed by atoms with Crippen molar-refractivity contribution in [3.05, 3.63) is 34.9 Å². The Hall–Kier alpha value is -0.940. The Morgan fingerprint density at radius 3 is 2.61 bits per heavy atom. The second kappa shape index (κ2) is 8.21.